The second-order valence-electron chi connectivity index (χ2n) is 16.6. The zero-order chi connectivity index (χ0) is 38.3. The van der Waals surface area contributed by atoms with Crippen molar-refractivity contribution in [2.45, 2.75) is 253 Å². The van der Waals surface area contributed by atoms with E-state index in [1.54, 1.807) is 0 Å². The fourth-order valence-electron chi connectivity index (χ4n) is 6.75. The van der Waals surface area contributed by atoms with Crippen LogP contribution in [-0.4, -0.2) is 37.2 Å². The monoisotopic (exact) mass is 737 g/mol. The second-order valence-corrected chi connectivity index (χ2v) is 16.6. The van der Waals surface area contributed by atoms with Crippen LogP contribution in [0.4, 0.5) is 0 Å². The molecule has 0 aromatic heterocycles. The van der Waals surface area contributed by atoms with Gasteiger partial charge in [0.25, 0.3) is 0 Å². The van der Waals surface area contributed by atoms with E-state index in [0.717, 1.165) is 69.6 Å². The number of ether oxygens (including phenoxy) is 3. The van der Waals surface area contributed by atoms with Gasteiger partial charge >= 0.3 is 17.9 Å². The van der Waals surface area contributed by atoms with E-state index in [9.17, 15) is 14.4 Å². The summed E-state index contributed by atoms with van der Waals surface area (Å²) in [7, 11) is 0. The average molecular weight is 737 g/mol. The van der Waals surface area contributed by atoms with Gasteiger partial charge in [-0.25, -0.2) is 0 Å². The van der Waals surface area contributed by atoms with Gasteiger partial charge in [0.2, 0.25) is 0 Å². The van der Waals surface area contributed by atoms with E-state index in [4.69, 9.17) is 14.2 Å². The highest BCUT2D eigenvalue weighted by Gasteiger charge is 2.19. The number of hydrogen-bond donors (Lipinski definition) is 0. The Morgan fingerprint density at radius 1 is 0.365 bits per heavy atom. The zero-order valence-electron chi connectivity index (χ0n) is 35.4. The highest BCUT2D eigenvalue weighted by Crippen LogP contribution is 2.16. The summed E-state index contributed by atoms with van der Waals surface area (Å²) in [5, 5.41) is 0. The topological polar surface area (TPSA) is 78.9 Å². The predicted octanol–water partition coefficient (Wildman–Crippen LogP) is 14.2. The van der Waals surface area contributed by atoms with E-state index < -0.39 is 6.10 Å². The van der Waals surface area contributed by atoms with Gasteiger partial charge in [-0.3, -0.25) is 14.4 Å². The summed E-state index contributed by atoms with van der Waals surface area (Å²) in [5.74, 6) is 0.762. The van der Waals surface area contributed by atoms with Crippen molar-refractivity contribution in [3.63, 3.8) is 0 Å². The molecule has 1 atom stereocenters. The van der Waals surface area contributed by atoms with Crippen LogP contribution in [0.2, 0.25) is 0 Å². The second kappa shape index (κ2) is 39.1. The van der Waals surface area contributed by atoms with Crippen molar-refractivity contribution in [2.24, 2.45) is 11.8 Å². The Balaban J connectivity index is 4.30. The van der Waals surface area contributed by atoms with Crippen LogP contribution < -0.4 is 0 Å². The van der Waals surface area contributed by atoms with E-state index in [1.807, 2.05) is 0 Å². The predicted molar refractivity (Wildman–Crippen MR) is 220 cm³/mol. The van der Waals surface area contributed by atoms with E-state index in [2.05, 4.69) is 34.6 Å². The molecule has 0 radical (unpaired) electrons. The van der Waals surface area contributed by atoms with Crippen molar-refractivity contribution < 1.29 is 28.6 Å². The van der Waals surface area contributed by atoms with Crippen LogP contribution in [0.15, 0.2) is 0 Å². The van der Waals surface area contributed by atoms with Crippen LogP contribution in [-0.2, 0) is 28.6 Å². The minimum absolute atomic E-state index is 0.0652. The van der Waals surface area contributed by atoms with E-state index in [1.165, 1.54) is 135 Å². The number of rotatable bonds is 40. The molecule has 0 rings (SSSR count). The molecule has 308 valence electrons. The number of carbonyl (C=O) groups excluding carboxylic acids is 3. The third-order valence-electron chi connectivity index (χ3n) is 10.2. The van der Waals surface area contributed by atoms with Crippen LogP contribution in [0.25, 0.3) is 0 Å². The minimum atomic E-state index is -0.759. The maximum atomic E-state index is 12.7. The van der Waals surface area contributed by atoms with E-state index in [0.29, 0.717) is 19.3 Å². The molecule has 0 aliphatic carbocycles. The zero-order valence-corrected chi connectivity index (χ0v) is 35.4. The summed E-state index contributed by atoms with van der Waals surface area (Å²) in [6, 6.07) is 0. The van der Waals surface area contributed by atoms with Gasteiger partial charge in [-0.1, -0.05) is 208 Å². The third-order valence-corrected chi connectivity index (χ3v) is 10.2. The van der Waals surface area contributed by atoms with Crippen LogP contribution in [0.5, 0.6) is 0 Å². The molecule has 6 heteroatoms. The molecule has 0 spiro atoms. The van der Waals surface area contributed by atoms with Gasteiger partial charge in [0.15, 0.2) is 6.10 Å². The summed E-state index contributed by atoms with van der Waals surface area (Å²) < 4.78 is 16.7. The Morgan fingerprint density at radius 3 is 0.942 bits per heavy atom. The fourth-order valence-corrected chi connectivity index (χ4v) is 6.75. The Bertz CT molecular complexity index is 794. The third kappa shape index (κ3) is 39.6. The Morgan fingerprint density at radius 2 is 0.635 bits per heavy atom. The molecule has 0 aliphatic heterocycles. The summed E-state index contributed by atoms with van der Waals surface area (Å²) in [6.45, 7) is 11.3. The molecule has 0 N–H and O–H groups in total. The first-order valence-corrected chi connectivity index (χ1v) is 22.7. The standard InChI is InChI=1S/C46H88O6/c1-6-7-8-9-10-14-23-28-33-38-46(49)52-43(40-51-45(48)37-32-27-22-18-17-20-25-30-35-42(4)5)39-50-44(47)36-31-26-21-16-13-11-12-15-19-24-29-34-41(2)3/h41-43H,6-40H2,1-5H3/t43-/m1/s1. The van der Waals surface area contributed by atoms with Gasteiger partial charge in [0, 0.05) is 19.3 Å². The molecule has 0 amide bonds. The molecular formula is C46H88O6. The van der Waals surface area contributed by atoms with Gasteiger partial charge in [-0.05, 0) is 31.1 Å². The van der Waals surface area contributed by atoms with Gasteiger partial charge in [0.1, 0.15) is 13.2 Å². The smallest absolute Gasteiger partial charge is 0.306 e. The van der Waals surface area contributed by atoms with Crippen molar-refractivity contribution in [3.8, 4) is 0 Å². The normalized spacial score (nSPS) is 12.1. The lowest BCUT2D eigenvalue weighted by Crippen LogP contribution is -2.30. The molecule has 6 nitrogen and oxygen atoms in total. The Labute approximate surface area is 323 Å². The van der Waals surface area contributed by atoms with Crippen molar-refractivity contribution in [3.05, 3.63) is 0 Å². The van der Waals surface area contributed by atoms with Crippen LogP contribution in [0.1, 0.15) is 247 Å². The molecule has 0 saturated carbocycles. The molecular weight excluding hydrogens is 649 g/mol. The van der Waals surface area contributed by atoms with E-state index in [-0.39, 0.29) is 31.1 Å². The lowest BCUT2D eigenvalue weighted by atomic mass is 10.0. The van der Waals surface area contributed by atoms with Gasteiger partial charge < -0.3 is 14.2 Å². The highest BCUT2D eigenvalue weighted by atomic mass is 16.6. The molecule has 0 aliphatic rings. The van der Waals surface area contributed by atoms with Crippen LogP contribution in [0, 0.1) is 11.8 Å². The quantitative estimate of drug-likeness (QED) is 0.0354. The molecule has 0 aromatic rings. The molecule has 0 fully saturated rings. The summed E-state index contributed by atoms with van der Waals surface area (Å²) in [5.41, 5.74) is 0. The van der Waals surface area contributed by atoms with Crippen LogP contribution in [0.3, 0.4) is 0 Å². The first kappa shape index (κ1) is 50.4. The lowest BCUT2D eigenvalue weighted by Gasteiger charge is -2.18. The van der Waals surface area contributed by atoms with Gasteiger partial charge in [-0.15, -0.1) is 0 Å². The van der Waals surface area contributed by atoms with Crippen molar-refractivity contribution in [1.29, 1.82) is 0 Å². The van der Waals surface area contributed by atoms with Crippen molar-refractivity contribution in [1.82, 2.24) is 0 Å². The fraction of sp³-hybridized carbons (Fsp3) is 0.935. The maximum absolute atomic E-state index is 12.7. The van der Waals surface area contributed by atoms with Gasteiger partial charge in [0.05, 0.1) is 0 Å². The first-order valence-electron chi connectivity index (χ1n) is 22.7. The van der Waals surface area contributed by atoms with Crippen LogP contribution >= 0.6 is 0 Å². The minimum Gasteiger partial charge on any atom is -0.462 e. The average Bonchev–Trinajstić information content (AvgIpc) is 3.11. The molecule has 0 bridgehead atoms. The number of hydrogen-bond acceptors (Lipinski definition) is 6. The van der Waals surface area contributed by atoms with E-state index >= 15 is 0 Å². The van der Waals surface area contributed by atoms with Crippen molar-refractivity contribution >= 4 is 17.9 Å². The number of unbranched alkanes of at least 4 members (excludes halogenated alkanes) is 25. The molecule has 0 unspecified atom stereocenters. The lowest BCUT2D eigenvalue weighted by molar-refractivity contribution is -0.167. The largest absolute Gasteiger partial charge is 0.462 e. The molecule has 52 heavy (non-hydrogen) atoms. The number of carbonyl (C=O) groups is 3. The molecule has 0 aromatic carbocycles. The maximum Gasteiger partial charge on any atom is 0.306 e. The first-order chi connectivity index (χ1) is 25.2. The summed E-state index contributed by atoms with van der Waals surface area (Å²) in [6.07, 6.45) is 36.6. The number of esters is 3. The Hall–Kier alpha value is -1.59. The molecule has 0 heterocycles. The summed E-state index contributed by atoms with van der Waals surface area (Å²) >= 11 is 0. The molecule has 0 saturated heterocycles. The SMILES string of the molecule is CCCCCCCCCCCC(=O)O[C@H](COC(=O)CCCCCCCCCCCCCC(C)C)COC(=O)CCCCCCCCCCC(C)C. The Kier molecular flexibility index (Phi) is 37.9. The summed E-state index contributed by atoms with van der Waals surface area (Å²) in [4.78, 5) is 37.6. The highest BCUT2D eigenvalue weighted by molar-refractivity contribution is 5.71. The van der Waals surface area contributed by atoms with Gasteiger partial charge in [-0.2, -0.15) is 0 Å². The van der Waals surface area contributed by atoms with Crippen molar-refractivity contribution in [2.75, 3.05) is 13.2 Å².